The summed E-state index contributed by atoms with van der Waals surface area (Å²) < 4.78 is 31.9. The van der Waals surface area contributed by atoms with Gasteiger partial charge in [0.15, 0.2) is 10.7 Å². The smallest absolute Gasteiger partial charge is 0.269 e. The summed E-state index contributed by atoms with van der Waals surface area (Å²) in [6.45, 7) is 3.04. The summed E-state index contributed by atoms with van der Waals surface area (Å²) in [7, 11) is -3.96. The monoisotopic (exact) mass is 334 g/mol. The lowest BCUT2D eigenvalue weighted by molar-refractivity contribution is -0.123. The number of hydrogen-bond donors (Lipinski definition) is 1. The number of amides is 1. The molecule has 7 heteroatoms. The minimum Gasteiger partial charge on any atom is -0.360 e. The number of fused-ring (bicyclic) bond motifs is 1. The molecule has 0 saturated heterocycles. The number of hydrogen-bond acceptors (Lipinski definition) is 5. The second-order valence-corrected chi connectivity index (χ2v) is 7.45. The van der Waals surface area contributed by atoms with Gasteiger partial charge in [-0.2, -0.15) is 0 Å². The topological polar surface area (TPSA) is 89.3 Å². The number of carbonyl (C=O) groups excluding carboxylic acids is 1. The molecule has 0 bridgehead atoms. The van der Waals surface area contributed by atoms with E-state index in [2.05, 4.69) is 9.88 Å². The van der Waals surface area contributed by atoms with Crippen molar-refractivity contribution >= 4 is 15.9 Å². The number of nitrogens with one attached hydrogen (secondary N) is 1. The number of sulfonamides is 1. The van der Waals surface area contributed by atoms with Crippen LogP contribution in [0.4, 0.5) is 0 Å². The zero-order valence-electron chi connectivity index (χ0n) is 13.0. The minimum atomic E-state index is -3.96. The fourth-order valence-electron chi connectivity index (χ4n) is 3.05. The number of rotatable bonds is 3. The molecule has 0 saturated carbocycles. The zero-order valence-corrected chi connectivity index (χ0v) is 13.8. The van der Waals surface area contributed by atoms with Crippen molar-refractivity contribution in [3.8, 4) is 0 Å². The average molecular weight is 334 g/mol. The van der Waals surface area contributed by atoms with Crippen LogP contribution >= 0.6 is 0 Å². The van der Waals surface area contributed by atoms with Crippen LogP contribution in [0, 0.1) is 19.8 Å². The van der Waals surface area contributed by atoms with E-state index in [1.807, 2.05) is 24.3 Å². The Balaban J connectivity index is 1.78. The number of carbonyl (C=O) groups is 1. The molecular weight excluding hydrogens is 316 g/mol. The number of aromatic nitrogens is 1. The predicted octanol–water partition coefficient (Wildman–Crippen LogP) is 1.90. The lowest BCUT2D eigenvalue weighted by Gasteiger charge is -2.23. The molecule has 1 aliphatic carbocycles. The second-order valence-electron chi connectivity index (χ2n) is 5.83. The van der Waals surface area contributed by atoms with Gasteiger partial charge in [0.1, 0.15) is 5.69 Å². The van der Waals surface area contributed by atoms with Gasteiger partial charge in [0.25, 0.3) is 10.0 Å². The molecule has 1 unspecified atom stereocenters. The molecule has 6 nitrogen and oxygen atoms in total. The van der Waals surface area contributed by atoms with E-state index in [0.717, 1.165) is 12.0 Å². The van der Waals surface area contributed by atoms with Crippen molar-refractivity contribution in [3.63, 3.8) is 0 Å². The highest BCUT2D eigenvalue weighted by Crippen LogP contribution is 2.26. The molecule has 0 spiro atoms. The number of nitrogens with zero attached hydrogens (tertiary/aromatic N) is 1. The first-order chi connectivity index (χ1) is 10.9. The lowest BCUT2D eigenvalue weighted by atomic mass is 9.84. The molecule has 1 aliphatic rings. The Bertz CT molecular complexity index is 835. The zero-order chi connectivity index (χ0) is 16.6. The molecule has 3 rings (SSSR count). The van der Waals surface area contributed by atoms with Gasteiger partial charge >= 0.3 is 0 Å². The van der Waals surface area contributed by atoms with E-state index in [4.69, 9.17) is 4.52 Å². The van der Waals surface area contributed by atoms with Gasteiger partial charge in [-0.3, -0.25) is 4.79 Å². The summed E-state index contributed by atoms with van der Waals surface area (Å²) in [6.07, 6.45) is 1.97. The molecule has 1 amide bonds. The first kappa shape index (κ1) is 15.7. The standard InChI is InChI=1S/C16H18N2O4S/c1-10-15(11(2)22-17-10)23(20,21)18-16(19)14-8-7-12-5-3-4-6-13(12)9-14/h3-6,14H,7-9H2,1-2H3,(H,18,19). The molecule has 1 heterocycles. The average Bonchev–Trinajstić information content (AvgIpc) is 2.86. The molecule has 23 heavy (non-hydrogen) atoms. The molecular formula is C16H18N2O4S. The van der Waals surface area contributed by atoms with Crippen LogP contribution in [-0.4, -0.2) is 19.5 Å². The van der Waals surface area contributed by atoms with Crippen LogP contribution in [0.5, 0.6) is 0 Å². The third-order valence-electron chi connectivity index (χ3n) is 4.19. The van der Waals surface area contributed by atoms with Gasteiger partial charge in [0.2, 0.25) is 5.91 Å². The highest BCUT2D eigenvalue weighted by molar-refractivity contribution is 7.90. The molecule has 0 radical (unpaired) electrons. The van der Waals surface area contributed by atoms with E-state index in [-0.39, 0.29) is 22.3 Å². The Hall–Kier alpha value is -2.15. The maximum atomic E-state index is 12.4. The van der Waals surface area contributed by atoms with E-state index in [9.17, 15) is 13.2 Å². The quantitative estimate of drug-likeness (QED) is 0.926. The molecule has 0 fully saturated rings. The van der Waals surface area contributed by atoms with Gasteiger partial charge in [0, 0.05) is 5.92 Å². The summed E-state index contributed by atoms with van der Waals surface area (Å²) in [5, 5.41) is 3.63. The Morgan fingerprint density at radius 2 is 1.96 bits per heavy atom. The van der Waals surface area contributed by atoms with Crippen LogP contribution < -0.4 is 4.72 Å². The second kappa shape index (κ2) is 5.81. The van der Waals surface area contributed by atoms with Crippen molar-refractivity contribution < 1.29 is 17.7 Å². The first-order valence-electron chi connectivity index (χ1n) is 7.45. The Morgan fingerprint density at radius 3 is 2.61 bits per heavy atom. The molecule has 1 aromatic heterocycles. The van der Waals surface area contributed by atoms with Gasteiger partial charge in [-0.05, 0) is 44.2 Å². The van der Waals surface area contributed by atoms with Crippen LogP contribution in [0.15, 0.2) is 33.7 Å². The molecule has 1 aromatic carbocycles. The SMILES string of the molecule is Cc1noc(C)c1S(=O)(=O)NC(=O)C1CCc2ccccc2C1. The van der Waals surface area contributed by atoms with E-state index >= 15 is 0 Å². The predicted molar refractivity (Wildman–Crippen MR) is 83.3 cm³/mol. The van der Waals surface area contributed by atoms with Crippen molar-refractivity contribution in [2.75, 3.05) is 0 Å². The summed E-state index contributed by atoms with van der Waals surface area (Å²) in [4.78, 5) is 12.3. The van der Waals surface area contributed by atoms with Crippen molar-refractivity contribution in [1.82, 2.24) is 9.88 Å². The summed E-state index contributed by atoms with van der Waals surface area (Å²) in [6, 6.07) is 7.93. The van der Waals surface area contributed by atoms with Gasteiger partial charge in [-0.25, -0.2) is 13.1 Å². The van der Waals surface area contributed by atoms with Gasteiger partial charge in [-0.15, -0.1) is 0 Å². The van der Waals surface area contributed by atoms with Crippen LogP contribution in [0.25, 0.3) is 0 Å². The van der Waals surface area contributed by atoms with E-state index < -0.39 is 15.9 Å². The highest BCUT2D eigenvalue weighted by atomic mass is 32.2. The normalized spacial score (nSPS) is 17.6. The molecule has 0 aliphatic heterocycles. The minimum absolute atomic E-state index is 0.0536. The van der Waals surface area contributed by atoms with Crippen molar-refractivity contribution in [2.24, 2.45) is 5.92 Å². The van der Waals surface area contributed by atoms with Gasteiger partial charge in [-0.1, -0.05) is 29.4 Å². The van der Waals surface area contributed by atoms with E-state index in [1.54, 1.807) is 0 Å². The fourth-order valence-corrected chi connectivity index (χ4v) is 4.42. The molecule has 1 atom stereocenters. The summed E-state index contributed by atoms with van der Waals surface area (Å²) >= 11 is 0. The third-order valence-corrected chi connectivity index (χ3v) is 5.78. The van der Waals surface area contributed by atoms with Crippen LogP contribution in [0.1, 0.15) is 29.0 Å². The van der Waals surface area contributed by atoms with Crippen LogP contribution in [0.2, 0.25) is 0 Å². The van der Waals surface area contributed by atoms with Crippen molar-refractivity contribution in [1.29, 1.82) is 0 Å². The van der Waals surface area contributed by atoms with E-state index in [1.165, 1.54) is 19.4 Å². The fraction of sp³-hybridized carbons (Fsp3) is 0.375. The van der Waals surface area contributed by atoms with Crippen molar-refractivity contribution in [3.05, 3.63) is 46.8 Å². The largest absolute Gasteiger partial charge is 0.360 e. The number of aryl methyl sites for hydroxylation is 3. The summed E-state index contributed by atoms with van der Waals surface area (Å²) in [5.41, 5.74) is 2.58. The van der Waals surface area contributed by atoms with Gasteiger partial charge in [0.05, 0.1) is 0 Å². The highest BCUT2D eigenvalue weighted by Gasteiger charge is 2.31. The molecule has 2 aromatic rings. The number of benzene rings is 1. The third kappa shape index (κ3) is 3.01. The van der Waals surface area contributed by atoms with E-state index in [0.29, 0.717) is 12.8 Å². The maximum absolute atomic E-state index is 12.4. The lowest BCUT2D eigenvalue weighted by Crippen LogP contribution is -2.38. The van der Waals surface area contributed by atoms with Crippen LogP contribution in [-0.2, 0) is 27.7 Å². The van der Waals surface area contributed by atoms with Crippen LogP contribution in [0.3, 0.4) is 0 Å². The Morgan fingerprint density at radius 1 is 1.26 bits per heavy atom. The Labute approximate surface area is 134 Å². The molecule has 122 valence electrons. The van der Waals surface area contributed by atoms with Gasteiger partial charge < -0.3 is 4.52 Å². The maximum Gasteiger partial charge on any atom is 0.269 e. The van der Waals surface area contributed by atoms with Crippen molar-refractivity contribution in [2.45, 2.75) is 38.0 Å². The Kier molecular flexibility index (Phi) is 3.97. The molecule has 1 N–H and O–H groups in total. The summed E-state index contributed by atoms with van der Waals surface area (Å²) in [5.74, 6) is -0.642. The first-order valence-corrected chi connectivity index (χ1v) is 8.93.